The second kappa shape index (κ2) is 6.56. The Hall–Kier alpha value is -2.11. The number of pyridine rings is 1. The molecule has 21 heavy (non-hydrogen) atoms. The van der Waals surface area contributed by atoms with Crippen molar-refractivity contribution in [1.29, 1.82) is 0 Å². The molecule has 6 nitrogen and oxygen atoms in total. The summed E-state index contributed by atoms with van der Waals surface area (Å²) in [6, 6.07) is 3.20. The molecule has 2 rings (SSSR count). The Labute approximate surface area is 124 Å². The Morgan fingerprint density at radius 2 is 2.14 bits per heavy atom. The van der Waals surface area contributed by atoms with Crippen LogP contribution in [-0.4, -0.2) is 39.6 Å². The smallest absolute Gasteiger partial charge is 0.322 e. The standard InChI is InChI=1S/C15H21N3O3/c1-10-6-7-13(11(2)16-10)17-15(21)18-8-4-3-5-12(18)9-14(19)20/h6-7,12H,3-5,8-9H2,1-2H3,(H,17,21)(H,19,20). The minimum atomic E-state index is -0.868. The third-order valence-electron chi connectivity index (χ3n) is 3.76. The van der Waals surface area contributed by atoms with Crippen molar-refractivity contribution >= 4 is 17.7 Å². The van der Waals surface area contributed by atoms with Crippen LogP contribution in [0.3, 0.4) is 0 Å². The van der Waals surface area contributed by atoms with Gasteiger partial charge in [-0.3, -0.25) is 9.78 Å². The number of carboxylic acid groups (broad SMARTS) is 1. The predicted molar refractivity (Wildman–Crippen MR) is 79.3 cm³/mol. The normalized spacial score (nSPS) is 18.4. The fourth-order valence-corrected chi connectivity index (χ4v) is 2.69. The molecule has 2 N–H and O–H groups in total. The molecule has 1 fully saturated rings. The van der Waals surface area contributed by atoms with Gasteiger partial charge in [-0.1, -0.05) is 0 Å². The van der Waals surface area contributed by atoms with Gasteiger partial charge < -0.3 is 15.3 Å². The van der Waals surface area contributed by atoms with Gasteiger partial charge >= 0.3 is 12.0 Å². The first-order valence-corrected chi connectivity index (χ1v) is 7.21. The van der Waals surface area contributed by atoms with Gasteiger partial charge in [0.25, 0.3) is 0 Å². The number of carboxylic acids is 1. The number of likely N-dealkylation sites (tertiary alicyclic amines) is 1. The summed E-state index contributed by atoms with van der Waals surface area (Å²) < 4.78 is 0. The van der Waals surface area contributed by atoms with Gasteiger partial charge in [0.2, 0.25) is 0 Å². The second-order valence-electron chi connectivity index (χ2n) is 5.46. The molecule has 1 aromatic rings. The minimum absolute atomic E-state index is 0.00144. The molecule has 0 aliphatic carbocycles. The SMILES string of the molecule is Cc1ccc(NC(=O)N2CCCCC2CC(=O)O)c(C)n1. The number of aryl methyl sites for hydroxylation is 2. The van der Waals surface area contributed by atoms with Crippen LogP contribution >= 0.6 is 0 Å². The maximum absolute atomic E-state index is 12.4. The number of carbonyl (C=O) groups excluding carboxylic acids is 1. The molecule has 0 radical (unpaired) electrons. The van der Waals surface area contributed by atoms with E-state index in [1.54, 1.807) is 4.90 Å². The van der Waals surface area contributed by atoms with Crippen LogP contribution in [0.2, 0.25) is 0 Å². The molecule has 1 aliphatic heterocycles. The van der Waals surface area contributed by atoms with E-state index < -0.39 is 5.97 Å². The lowest BCUT2D eigenvalue weighted by molar-refractivity contribution is -0.138. The number of aromatic nitrogens is 1. The van der Waals surface area contributed by atoms with E-state index in [2.05, 4.69) is 10.3 Å². The van der Waals surface area contributed by atoms with Gasteiger partial charge in [-0.05, 0) is 45.2 Å². The summed E-state index contributed by atoms with van der Waals surface area (Å²) in [4.78, 5) is 29.3. The molecule has 114 valence electrons. The van der Waals surface area contributed by atoms with Gasteiger partial charge in [0.05, 0.1) is 17.8 Å². The molecule has 0 aromatic carbocycles. The van der Waals surface area contributed by atoms with Gasteiger partial charge in [-0.25, -0.2) is 4.79 Å². The Morgan fingerprint density at radius 1 is 1.38 bits per heavy atom. The number of urea groups is 1. The molecule has 6 heteroatoms. The zero-order valence-corrected chi connectivity index (χ0v) is 12.4. The topological polar surface area (TPSA) is 82.5 Å². The summed E-state index contributed by atoms with van der Waals surface area (Å²) in [6.07, 6.45) is 2.62. The third-order valence-corrected chi connectivity index (χ3v) is 3.76. The summed E-state index contributed by atoms with van der Waals surface area (Å²) in [6.45, 7) is 4.34. The molecule has 1 aromatic heterocycles. The zero-order valence-electron chi connectivity index (χ0n) is 12.4. The molecule has 0 spiro atoms. The van der Waals surface area contributed by atoms with Crippen molar-refractivity contribution in [3.05, 3.63) is 23.5 Å². The lowest BCUT2D eigenvalue weighted by atomic mass is 10.00. The highest BCUT2D eigenvalue weighted by atomic mass is 16.4. The number of carbonyl (C=O) groups is 2. The fourth-order valence-electron chi connectivity index (χ4n) is 2.69. The zero-order chi connectivity index (χ0) is 15.4. The molecule has 1 atom stereocenters. The maximum atomic E-state index is 12.4. The second-order valence-corrected chi connectivity index (χ2v) is 5.46. The number of nitrogens with zero attached hydrogens (tertiary/aromatic N) is 2. The first kappa shape index (κ1) is 15.3. The molecule has 1 unspecified atom stereocenters. The van der Waals surface area contributed by atoms with Crippen molar-refractivity contribution in [2.45, 2.75) is 45.6 Å². The van der Waals surface area contributed by atoms with E-state index in [9.17, 15) is 9.59 Å². The first-order valence-electron chi connectivity index (χ1n) is 7.21. The Morgan fingerprint density at radius 3 is 2.81 bits per heavy atom. The number of aliphatic carboxylic acids is 1. The molecule has 2 heterocycles. The lowest BCUT2D eigenvalue weighted by Gasteiger charge is -2.35. The molecular weight excluding hydrogens is 270 g/mol. The predicted octanol–water partition coefficient (Wildman–Crippen LogP) is 2.56. The van der Waals surface area contributed by atoms with Crippen molar-refractivity contribution in [2.75, 3.05) is 11.9 Å². The summed E-state index contributed by atoms with van der Waals surface area (Å²) in [7, 11) is 0. The fraction of sp³-hybridized carbons (Fsp3) is 0.533. The lowest BCUT2D eigenvalue weighted by Crippen LogP contribution is -2.46. The van der Waals surface area contributed by atoms with Crippen molar-refractivity contribution < 1.29 is 14.7 Å². The van der Waals surface area contributed by atoms with E-state index >= 15 is 0 Å². The summed E-state index contributed by atoms with van der Waals surface area (Å²) in [5.41, 5.74) is 2.33. The summed E-state index contributed by atoms with van der Waals surface area (Å²) in [5.74, 6) is -0.868. The van der Waals surface area contributed by atoms with Gasteiger partial charge in [0.1, 0.15) is 0 Å². The first-order chi connectivity index (χ1) is 9.97. The molecule has 1 aliphatic rings. The average Bonchev–Trinajstić information content (AvgIpc) is 2.42. The highest BCUT2D eigenvalue weighted by Crippen LogP contribution is 2.21. The number of hydrogen-bond donors (Lipinski definition) is 2. The molecule has 2 amide bonds. The van der Waals surface area contributed by atoms with E-state index in [0.29, 0.717) is 12.2 Å². The van der Waals surface area contributed by atoms with Gasteiger partial charge in [0.15, 0.2) is 0 Å². The third kappa shape index (κ3) is 3.93. The van der Waals surface area contributed by atoms with Crippen LogP contribution in [0.1, 0.15) is 37.1 Å². The van der Waals surface area contributed by atoms with Crippen LogP contribution in [-0.2, 0) is 4.79 Å². The molecule has 0 bridgehead atoms. The van der Waals surface area contributed by atoms with E-state index in [1.807, 2.05) is 26.0 Å². The summed E-state index contributed by atoms with van der Waals surface area (Å²) in [5, 5.41) is 11.8. The largest absolute Gasteiger partial charge is 0.481 e. The molecular formula is C15H21N3O3. The quantitative estimate of drug-likeness (QED) is 0.896. The number of rotatable bonds is 3. The molecule has 1 saturated heterocycles. The highest BCUT2D eigenvalue weighted by Gasteiger charge is 2.28. The van der Waals surface area contributed by atoms with E-state index in [0.717, 1.165) is 30.7 Å². The number of hydrogen-bond acceptors (Lipinski definition) is 3. The van der Waals surface area contributed by atoms with Crippen molar-refractivity contribution in [3.8, 4) is 0 Å². The number of nitrogens with one attached hydrogen (secondary N) is 1. The maximum Gasteiger partial charge on any atom is 0.322 e. The van der Waals surface area contributed by atoms with E-state index in [-0.39, 0.29) is 18.5 Å². The molecule has 0 saturated carbocycles. The van der Waals surface area contributed by atoms with Gasteiger partial charge in [-0.15, -0.1) is 0 Å². The van der Waals surface area contributed by atoms with Gasteiger partial charge in [0, 0.05) is 18.3 Å². The van der Waals surface area contributed by atoms with Crippen LogP contribution in [0.5, 0.6) is 0 Å². The Balaban J connectivity index is 2.08. The number of piperidine rings is 1. The van der Waals surface area contributed by atoms with Crippen LogP contribution in [0, 0.1) is 13.8 Å². The van der Waals surface area contributed by atoms with Crippen LogP contribution in [0.25, 0.3) is 0 Å². The minimum Gasteiger partial charge on any atom is -0.481 e. The van der Waals surface area contributed by atoms with Crippen molar-refractivity contribution in [1.82, 2.24) is 9.88 Å². The van der Waals surface area contributed by atoms with Gasteiger partial charge in [-0.2, -0.15) is 0 Å². The van der Waals surface area contributed by atoms with E-state index in [4.69, 9.17) is 5.11 Å². The van der Waals surface area contributed by atoms with Crippen LogP contribution in [0.15, 0.2) is 12.1 Å². The number of amides is 2. The highest BCUT2D eigenvalue weighted by molar-refractivity contribution is 5.90. The number of anilines is 1. The van der Waals surface area contributed by atoms with Crippen molar-refractivity contribution in [3.63, 3.8) is 0 Å². The Kier molecular flexibility index (Phi) is 4.77. The van der Waals surface area contributed by atoms with Crippen LogP contribution < -0.4 is 5.32 Å². The van der Waals surface area contributed by atoms with Crippen LogP contribution in [0.4, 0.5) is 10.5 Å². The van der Waals surface area contributed by atoms with E-state index in [1.165, 1.54) is 0 Å². The van der Waals surface area contributed by atoms with Crippen molar-refractivity contribution in [2.24, 2.45) is 0 Å². The average molecular weight is 291 g/mol. The monoisotopic (exact) mass is 291 g/mol. The summed E-state index contributed by atoms with van der Waals surface area (Å²) >= 11 is 0. The Bertz CT molecular complexity index is 545.